The van der Waals surface area contributed by atoms with Crippen LogP contribution in [0, 0.1) is 0 Å². The highest BCUT2D eigenvalue weighted by atomic mass is 16.4. The number of carbonyl (C=O) groups is 2. The van der Waals surface area contributed by atoms with Crippen molar-refractivity contribution in [2.24, 2.45) is 0 Å². The molecule has 0 saturated heterocycles. The van der Waals surface area contributed by atoms with Gasteiger partial charge in [-0.05, 0) is 12.8 Å². The molecule has 0 aliphatic heterocycles. The van der Waals surface area contributed by atoms with Gasteiger partial charge in [0.1, 0.15) is 0 Å². The summed E-state index contributed by atoms with van der Waals surface area (Å²) < 4.78 is 5.91. The smallest absolute Gasteiger partial charge is 0.255 e. The minimum atomic E-state index is -0.547. The molecule has 0 atom stereocenters. The van der Waals surface area contributed by atoms with Gasteiger partial charge >= 0.3 is 0 Å². The van der Waals surface area contributed by atoms with E-state index in [-0.39, 0.29) is 11.6 Å². The number of ketones is 2. The molecule has 2 aromatic rings. The largest absolute Gasteiger partial charge is 0.440 e. The van der Waals surface area contributed by atoms with Crippen LogP contribution in [0.15, 0.2) is 28.7 Å². The van der Waals surface area contributed by atoms with Crippen molar-refractivity contribution >= 4 is 11.6 Å². The maximum Gasteiger partial charge on any atom is 0.255 e. The van der Waals surface area contributed by atoms with Crippen LogP contribution in [0.4, 0.5) is 0 Å². The first-order chi connectivity index (χ1) is 10.3. The van der Waals surface area contributed by atoms with Crippen LogP contribution in [-0.4, -0.2) is 16.6 Å². The van der Waals surface area contributed by atoms with Crippen LogP contribution in [-0.2, 0) is 0 Å². The summed E-state index contributed by atoms with van der Waals surface area (Å²) in [5.41, 5.74) is 1.30. The lowest BCUT2D eigenvalue weighted by Crippen LogP contribution is -2.20. The van der Waals surface area contributed by atoms with Crippen LogP contribution in [0.25, 0.3) is 11.3 Å². The van der Waals surface area contributed by atoms with Gasteiger partial charge in [-0.3, -0.25) is 9.59 Å². The van der Waals surface area contributed by atoms with Crippen LogP contribution in [0.2, 0.25) is 0 Å². The Morgan fingerprint density at radius 1 is 0.952 bits per heavy atom. The van der Waals surface area contributed by atoms with Gasteiger partial charge in [0.05, 0.1) is 0 Å². The van der Waals surface area contributed by atoms with Gasteiger partial charge in [-0.2, -0.15) is 0 Å². The van der Waals surface area contributed by atoms with E-state index in [1.54, 1.807) is 12.1 Å². The highest BCUT2D eigenvalue weighted by Gasteiger charge is 2.36. The highest BCUT2D eigenvalue weighted by Crippen LogP contribution is 2.38. The number of nitrogens with zero attached hydrogens (tertiary/aromatic N) is 1. The van der Waals surface area contributed by atoms with Crippen LogP contribution in [0.1, 0.15) is 64.8 Å². The number of benzene rings is 1. The van der Waals surface area contributed by atoms with E-state index >= 15 is 0 Å². The molecule has 1 fully saturated rings. The lowest BCUT2D eigenvalue weighted by molar-refractivity contribution is 0.0812. The van der Waals surface area contributed by atoms with Crippen molar-refractivity contribution in [3.8, 4) is 11.3 Å². The molecule has 4 nitrogen and oxygen atoms in total. The molecule has 0 N–H and O–H groups in total. The fourth-order valence-corrected chi connectivity index (χ4v) is 3.31. The van der Waals surface area contributed by atoms with E-state index < -0.39 is 11.6 Å². The van der Waals surface area contributed by atoms with Gasteiger partial charge in [0, 0.05) is 17.0 Å². The monoisotopic (exact) mass is 281 g/mol. The number of hydrogen-bond donors (Lipinski definition) is 0. The second kappa shape index (κ2) is 4.65. The third-order valence-corrected chi connectivity index (χ3v) is 4.44. The van der Waals surface area contributed by atoms with Gasteiger partial charge < -0.3 is 4.42 Å². The third kappa shape index (κ3) is 1.86. The summed E-state index contributed by atoms with van der Waals surface area (Å²) in [6.45, 7) is 0. The quantitative estimate of drug-likeness (QED) is 0.746. The molecule has 21 heavy (non-hydrogen) atoms. The van der Waals surface area contributed by atoms with Gasteiger partial charge in [0.25, 0.3) is 5.78 Å². The Morgan fingerprint density at radius 3 is 2.43 bits per heavy atom. The van der Waals surface area contributed by atoms with E-state index in [9.17, 15) is 9.59 Å². The number of rotatable bonds is 1. The highest BCUT2D eigenvalue weighted by molar-refractivity contribution is 6.52. The second-order valence-corrected chi connectivity index (χ2v) is 5.77. The number of Topliss-reactive ketones (excluding diaryl/α,β-unsaturated/α-hetero) is 2. The van der Waals surface area contributed by atoms with Crippen LogP contribution < -0.4 is 0 Å². The van der Waals surface area contributed by atoms with Crippen molar-refractivity contribution in [2.45, 2.75) is 38.0 Å². The average Bonchev–Trinajstić information content (AvgIpc) is 2.99. The van der Waals surface area contributed by atoms with E-state index in [1.807, 2.05) is 12.1 Å². The summed E-state index contributed by atoms with van der Waals surface area (Å²) in [5, 5.41) is 0. The number of fused-ring (bicyclic) bond motifs is 3. The van der Waals surface area contributed by atoms with E-state index in [0.717, 1.165) is 12.8 Å². The molecule has 1 aromatic heterocycles. The van der Waals surface area contributed by atoms with Crippen molar-refractivity contribution in [3.05, 3.63) is 41.4 Å². The first kappa shape index (κ1) is 12.5. The topological polar surface area (TPSA) is 60.2 Å². The molecule has 0 unspecified atom stereocenters. The summed E-state index contributed by atoms with van der Waals surface area (Å²) in [5.74, 6) is 0.337. The van der Waals surface area contributed by atoms with Gasteiger partial charge in [-0.1, -0.05) is 43.5 Å². The van der Waals surface area contributed by atoms with Crippen molar-refractivity contribution in [3.63, 3.8) is 0 Å². The Hall–Kier alpha value is -2.23. The fraction of sp³-hybridized carbons (Fsp3) is 0.353. The minimum Gasteiger partial charge on any atom is -0.440 e. The maximum atomic E-state index is 12.2. The summed E-state index contributed by atoms with van der Waals surface area (Å²) in [6, 6.07) is 7.08. The van der Waals surface area contributed by atoms with E-state index in [2.05, 4.69) is 4.98 Å². The van der Waals surface area contributed by atoms with Crippen molar-refractivity contribution in [1.82, 2.24) is 4.98 Å². The Bertz CT molecular complexity index is 738. The molecule has 4 rings (SSSR count). The number of aromatic nitrogens is 1. The molecule has 2 aliphatic carbocycles. The van der Waals surface area contributed by atoms with E-state index in [1.165, 1.54) is 19.3 Å². The van der Waals surface area contributed by atoms with Crippen molar-refractivity contribution in [2.75, 3.05) is 0 Å². The number of oxazole rings is 1. The maximum absolute atomic E-state index is 12.2. The first-order valence-electron chi connectivity index (χ1n) is 7.45. The molecule has 1 heterocycles. The zero-order valence-electron chi connectivity index (χ0n) is 11.6. The summed E-state index contributed by atoms with van der Waals surface area (Å²) >= 11 is 0. The minimum absolute atomic E-state index is 0.194. The molecular weight excluding hydrogens is 266 g/mol. The molecule has 1 aromatic carbocycles. The molecule has 1 saturated carbocycles. The zero-order valence-corrected chi connectivity index (χ0v) is 11.6. The zero-order chi connectivity index (χ0) is 14.4. The normalized spacial score (nSPS) is 18.5. The van der Waals surface area contributed by atoms with Crippen molar-refractivity contribution in [1.29, 1.82) is 0 Å². The molecular formula is C17H15NO3. The Morgan fingerprint density at radius 2 is 1.67 bits per heavy atom. The van der Waals surface area contributed by atoms with Crippen LogP contribution in [0.5, 0.6) is 0 Å². The third-order valence-electron chi connectivity index (χ3n) is 4.44. The second-order valence-electron chi connectivity index (χ2n) is 5.77. The van der Waals surface area contributed by atoms with Crippen molar-refractivity contribution < 1.29 is 14.0 Å². The van der Waals surface area contributed by atoms with Gasteiger partial charge in [-0.25, -0.2) is 4.98 Å². The fourth-order valence-electron chi connectivity index (χ4n) is 3.31. The summed E-state index contributed by atoms with van der Waals surface area (Å²) in [6.07, 6.45) is 5.67. The van der Waals surface area contributed by atoms with E-state index in [0.29, 0.717) is 22.8 Å². The summed E-state index contributed by atoms with van der Waals surface area (Å²) in [7, 11) is 0. The first-order valence-corrected chi connectivity index (χ1v) is 7.45. The lowest BCUT2D eigenvalue weighted by atomic mass is 9.89. The van der Waals surface area contributed by atoms with E-state index in [4.69, 9.17) is 4.42 Å². The van der Waals surface area contributed by atoms with Gasteiger partial charge in [0.15, 0.2) is 17.3 Å². The molecule has 106 valence electrons. The number of carbonyl (C=O) groups excluding carboxylic acids is 2. The predicted molar refractivity (Wildman–Crippen MR) is 76.4 cm³/mol. The molecule has 0 bridgehead atoms. The van der Waals surface area contributed by atoms with Gasteiger partial charge in [-0.15, -0.1) is 0 Å². The van der Waals surface area contributed by atoms with Crippen LogP contribution in [0.3, 0.4) is 0 Å². The Balaban J connectivity index is 1.84. The molecule has 0 amide bonds. The molecule has 2 aliphatic rings. The summed E-state index contributed by atoms with van der Waals surface area (Å²) in [4.78, 5) is 28.7. The average molecular weight is 281 g/mol. The Kier molecular flexibility index (Phi) is 2.77. The lowest BCUT2D eigenvalue weighted by Gasteiger charge is -2.17. The molecule has 0 radical (unpaired) electrons. The number of hydrogen-bond acceptors (Lipinski definition) is 4. The molecule has 4 heteroatoms. The Labute approximate surface area is 122 Å². The molecule has 0 spiro atoms. The SMILES string of the molecule is O=C1C(=O)c2nc(C3CCCCC3)oc2-c2ccccc21. The van der Waals surface area contributed by atoms with Crippen LogP contribution >= 0.6 is 0 Å². The predicted octanol–water partition coefficient (Wildman–Crippen LogP) is 3.77. The standard InChI is InChI=1S/C17H15NO3/c19-14-11-8-4-5-9-12(11)16-13(15(14)20)18-17(21-16)10-6-2-1-3-7-10/h4-5,8-10H,1-3,6-7H2. The van der Waals surface area contributed by atoms with Gasteiger partial charge in [0.2, 0.25) is 5.78 Å².